The number of nitrogens with zero attached hydrogens (tertiary/aromatic N) is 3. The Morgan fingerprint density at radius 1 is 0.927 bits per heavy atom. The number of alkyl halides is 6. The van der Waals surface area contributed by atoms with Gasteiger partial charge in [0.1, 0.15) is 11.4 Å². The number of likely N-dealkylation sites (N-methyl/N-ethyl adjacent to an activating group) is 1. The van der Waals surface area contributed by atoms with Crippen LogP contribution in [0.5, 0.6) is 0 Å². The fraction of sp³-hybridized carbons (Fsp3) is 0.500. The van der Waals surface area contributed by atoms with E-state index in [1.165, 1.54) is 35.0 Å². The molecule has 1 heterocycles. The van der Waals surface area contributed by atoms with Gasteiger partial charge >= 0.3 is 24.5 Å². The average molecular weight is 592 g/mol. The molecule has 0 N–H and O–H groups in total. The predicted molar refractivity (Wildman–Crippen MR) is 138 cm³/mol. The quantitative estimate of drug-likeness (QED) is 0.349. The highest BCUT2D eigenvalue weighted by molar-refractivity contribution is 5.92. The van der Waals surface area contributed by atoms with Crippen molar-refractivity contribution in [3.05, 3.63) is 64.5 Å². The second kappa shape index (κ2) is 11.4. The van der Waals surface area contributed by atoms with E-state index in [9.17, 15) is 40.3 Å². The lowest BCUT2D eigenvalue weighted by atomic mass is 9.83. The van der Waals surface area contributed by atoms with Crippen LogP contribution in [0.1, 0.15) is 55.4 Å². The Balaban J connectivity index is 1.97. The number of carbonyl (C=O) groups excluding carboxylic acids is 2. The smallest absolute Gasteiger partial charge is 0.416 e. The van der Waals surface area contributed by atoms with Crippen LogP contribution in [-0.2, 0) is 17.1 Å². The fourth-order valence-electron chi connectivity index (χ4n) is 4.88. The Labute approximate surface area is 233 Å². The Bertz CT molecular complexity index is 1260. The van der Waals surface area contributed by atoms with Crippen LogP contribution in [-0.4, -0.2) is 60.8 Å². The summed E-state index contributed by atoms with van der Waals surface area (Å²) in [4.78, 5) is 29.7. The number of rotatable bonds is 3. The van der Waals surface area contributed by atoms with Gasteiger partial charge in [0.25, 0.3) is 0 Å². The number of carbonyl (C=O) groups is 2. The molecule has 0 aromatic heterocycles. The van der Waals surface area contributed by atoms with Crippen molar-refractivity contribution in [3.8, 4) is 0 Å². The number of anilines is 1. The van der Waals surface area contributed by atoms with Crippen molar-refractivity contribution >= 4 is 17.8 Å². The summed E-state index contributed by atoms with van der Waals surface area (Å²) in [5.41, 5.74) is -3.28. The number of piperidine rings is 1. The lowest BCUT2D eigenvalue weighted by Crippen LogP contribution is -2.54. The van der Waals surface area contributed by atoms with Crippen LogP contribution >= 0.6 is 0 Å². The number of hydrogen-bond acceptors (Lipinski definition) is 3. The molecule has 0 bridgehead atoms. The van der Waals surface area contributed by atoms with Gasteiger partial charge in [0, 0.05) is 44.8 Å². The summed E-state index contributed by atoms with van der Waals surface area (Å²) >= 11 is 0. The first kappa shape index (κ1) is 32.0. The highest BCUT2D eigenvalue weighted by atomic mass is 19.4. The number of benzene rings is 2. The van der Waals surface area contributed by atoms with Gasteiger partial charge in [-0.2, -0.15) is 26.3 Å². The van der Waals surface area contributed by atoms with E-state index in [2.05, 4.69) is 0 Å². The molecule has 41 heavy (non-hydrogen) atoms. The van der Waals surface area contributed by atoms with Gasteiger partial charge in [-0.15, -0.1) is 0 Å². The molecule has 0 saturated carbocycles. The molecule has 1 saturated heterocycles. The minimum absolute atomic E-state index is 0.00867. The van der Waals surface area contributed by atoms with E-state index in [1.807, 2.05) is 0 Å². The van der Waals surface area contributed by atoms with Crippen LogP contribution in [0.15, 0.2) is 36.4 Å². The predicted octanol–water partition coefficient (Wildman–Crippen LogP) is 7.45. The standard InChI is InChI=1S/C28H32F7N3O3/c1-16-11-19(29)7-8-21(16)22-15-38(25(40)41-26(2,3)4)10-9-23(22)37(6)24(39)36(5)20-13-17(27(30,31)32)12-18(14-20)28(33,34)35/h7-8,11-14,22-23H,9-10,15H2,1-6H3/t22-,23+/m0/s1. The van der Waals surface area contributed by atoms with Gasteiger partial charge < -0.3 is 14.5 Å². The molecular formula is C28H32F7N3O3. The summed E-state index contributed by atoms with van der Waals surface area (Å²) in [6, 6.07) is 3.52. The normalized spacial score (nSPS) is 18.2. The summed E-state index contributed by atoms with van der Waals surface area (Å²) in [5.74, 6) is -1.05. The fourth-order valence-corrected chi connectivity index (χ4v) is 4.88. The van der Waals surface area contributed by atoms with Crippen molar-refractivity contribution < 1.29 is 45.1 Å². The van der Waals surface area contributed by atoms with E-state index in [0.717, 1.165) is 11.9 Å². The zero-order chi connectivity index (χ0) is 31.1. The van der Waals surface area contributed by atoms with Gasteiger partial charge in [0.15, 0.2) is 0 Å². The molecule has 2 aromatic rings. The molecule has 226 valence electrons. The number of amides is 3. The monoisotopic (exact) mass is 591 g/mol. The Morgan fingerprint density at radius 3 is 1.98 bits per heavy atom. The molecule has 3 amide bonds. The average Bonchev–Trinajstić information content (AvgIpc) is 2.84. The maximum Gasteiger partial charge on any atom is 0.416 e. The summed E-state index contributed by atoms with van der Waals surface area (Å²) < 4.78 is 99.8. The van der Waals surface area contributed by atoms with Gasteiger partial charge in [-0.05, 0) is 75.6 Å². The van der Waals surface area contributed by atoms with E-state index in [4.69, 9.17) is 4.74 Å². The third-order valence-electron chi connectivity index (χ3n) is 6.91. The van der Waals surface area contributed by atoms with Gasteiger partial charge in [-0.25, -0.2) is 14.0 Å². The van der Waals surface area contributed by atoms with Crippen LogP contribution in [0.25, 0.3) is 0 Å². The van der Waals surface area contributed by atoms with Gasteiger partial charge in [-0.1, -0.05) is 6.07 Å². The third-order valence-corrected chi connectivity index (χ3v) is 6.91. The van der Waals surface area contributed by atoms with Crippen molar-refractivity contribution in [2.75, 3.05) is 32.1 Å². The Kier molecular flexibility index (Phi) is 8.90. The molecule has 3 rings (SSSR count). The van der Waals surface area contributed by atoms with Crippen molar-refractivity contribution in [2.45, 2.75) is 64.0 Å². The van der Waals surface area contributed by atoms with Gasteiger partial charge in [0.2, 0.25) is 0 Å². The maximum atomic E-state index is 13.9. The molecule has 13 heteroatoms. The molecule has 1 aliphatic rings. The number of hydrogen-bond donors (Lipinski definition) is 0. The van der Waals surface area contributed by atoms with E-state index in [0.29, 0.717) is 23.3 Å². The van der Waals surface area contributed by atoms with E-state index in [1.54, 1.807) is 27.7 Å². The first-order valence-corrected chi connectivity index (χ1v) is 12.7. The topological polar surface area (TPSA) is 53.1 Å². The third kappa shape index (κ3) is 7.62. The summed E-state index contributed by atoms with van der Waals surface area (Å²) in [6.07, 6.45) is -10.5. The SMILES string of the molecule is Cc1cc(F)ccc1[C@@H]1CN(C(=O)OC(C)(C)C)CC[C@H]1N(C)C(=O)N(C)c1cc(C(F)(F)F)cc(C(F)(F)F)c1. The van der Waals surface area contributed by atoms with Gasteiger partial charge in [-0.3, -0.25) is 4.90 Å². The molecule has 1 fully saturated rings. The Hall–Kier alpha value is -3.51. The second-order valence-corrected chi connectivity index (χ2v) is 11.1. The molecule has 2 aromatic carbocycles. The number of urea groups is 1. The minimum atomic E-state index is -5.08. The molecule has 2 atom stereocenters. The van der Waals surface area contributed by atoms with E-state index < -0.39 is 64.7 Å². The van der Waals surface area contributed by atoms with Crippen molar-refractivity contribution in [1.29, 1.82) is 0 Å². The number of halogens is 7. The second-order valence-electron chi connectivity index (χ2n) is 11.1. The highest BCUT2D eigenvalue weighted by Crippen LogP contribution is 2.39. The lowest BCUT2D eigenvalue weighted by molar-refractivity contribution is -0.143. The lowest BCUT2D eigenvalue weighted by Gasteiger charge is -2.44. The van der Waals surface area contributed by atoms with Crippen LogP contribution in [0.4, 0.5) is 46.0 Å². The van der Waals surface area contributed by atoms with Gasteiger partial charge in [0.05, 0.1) is 11.1 Å². The summed E-state index contributed by atoms with van der Waals surface area (Å²) in [5, 5.41) is 0. The van der Waals surface area contributed by atoms with Crippen molar-refractivity contribution in [2.24, 2.45) is 0 Å². The molecule has 0 aliphatic carbocycles. The number of aryl methyl sites for hydroxylation is 1. The van der Waals surface area contributed by atoms with Crippen LogP contribution < -0.4 is 4.90 Å². The van der Waals surface area contributed by atoms with E-state index in [-0.39, 0.29) is 25.6 Å². The molecule has 0 spiro atoms. The maximum absolute atomic E-state index is 13.9. The molecular weight excluding hydrogens is 559 g/mol. The van der Waals surface area contributed by atoms with Crippen LogP contribution in [0.2, 0.25) is 0 Å². The van der Waals surface area contributed by atoms with Crippen LogP contribution in [0, 0.1) is 12.7 Å². The minimum Gasteiger partial charge on any atom is -0.444 e. The first-order chi connectivity index (χ1) is 18.7. The van der Waals surface area contributed by atoms with Crippen molar-refractivity contribution in [3.63, 3.8) is 0 Å². The number of likely N-dealkylation sites (tertiary alicyclic amines) is 1. The molecule has 6 nitrogen and oxygen atoms in total. The number of ether oxygens (including phenoxy) is 1. The molecule has 0 radical (unpaired) electrons. The zero-order valence-electron chi connectivity index (χ0n) is 23.5. The molecule has 1 aliphatic heterocycles. The largest absolute Gasteiger partial charge is 0.444 e. The summed E-state index contributed by atoms with van der Waals surface area (Å²) in [6.45, 7) is 7.03. The zero-order valence-corrected chi connectivity index (χ0v) is 23.5. The highest BCUT2D eigenvalue weighted by Gasteiger charge is 2.41. The van der Waals surface area contributed by atoms with Crippen molar-refractivity contribution in [1.82, 2.24) is 9.80 Å². The summed E-state index contributed by atoms with van der Waals surface area (Å²) in [7, 11) is 2.47. The Morgan fingerprint density at radius 2 is 1.49 bits per heavy atom. The first-order valence-electron chi connectivity index (χ1n) is 12.7. The van der Waals surface area contributed by atoms with E-state index >= 15 is 0 Å². The van der Waals surface area contributed by atoms with Crippen LogP contribution in [0.3, 0.4) is 0 Å². The molecule has 0 unspecified atom stereocenters.